The Morgan fingerprint density at radius 1 is 1.15 bits per heavy atom. The third-order valence-corrected chi connectivity index (χ3v) is 4.05. The number of amides is 1. The Bertz CT molecular complexity index is 848. The fraction of sp³-hybridized carbons (Fsp3) is 0.250. The standard InChI is InChI=1S/C20H22N2O5/c1-4-21(14-15-9-11-18(26-2)19(13-15)27-3)20(23)12-10-16-7-5-6-8-17(16)22(24)25/h5-13H,4,14H2,1-3H3/b12-10+. The largest absolute Gasteiger partial charge is 0.493 e. The predicted molar refractivity (Wildman–Crippen MR) is 103 cm³/mol. The van der Waals surface area contributed by atoms with Gasteiger partial charge >= 0.3 is 0 Å². The zero-order chi connectivity index (χ0) is 19.8. The Morgan fingerprint density at radius 2 is 1.85 bits per heavy atom. The van der Waals surface area contributed by atoms with Crippen LogP contribution in [0.15, 0.2) is 48.5 Å². The molecule has 2 aromatic carbocycles. The summed E-state index contributed by atoms with van der Waals surface area (Å²) in [5.74, 6) is 0.978. The van der Waals surface area contributed by atoms with Crippen LogP contribution in [0, 0.1) is 10.1 Å². The Balaban J connectivity index is 2.16. The Labute approximate surface area is 158 Å². The number of para-hydroxylation sites is 1. The van der Waals surface area contributed by atoms with Gasteiger partial charge in [-0.05, 0) is 36.8 Å². The maximum Gasteiger partial charge on any atom is 0.276 e. The van der Waals surface area contributed by atoms with E-state index in [2.05, 4.69) is 0 Å². The summed E-state index contributed by atoms with van der Waals surface area (Å²) in [5.41, 5.74) is 1.24. The van der Waals surface area contributed by atoms with Crippen molar-refractivity contribution in [3.63, 3.8) is 0 Å². The molecule has 27 heavy (non-hydrogen) atoms. The Morgan fingerprint density at radius 3 is 2.48 bits per heavy atom. The summed E-state index contributed by atoms with van der Waals surface area (Å²) < 4.78 is 10.5. The van der Waals surface area contributed by atoms with E-state index >= 15 is 0 Å². The lowest BCUT2D eigenvalue weighted by molar-refractivity contribution is -0.385. The molecule has 0 radical (unpaired) electrons. The van der Waals surface area contributed by atoms with Crippen LogP contribution in [0.1, 0.15) is 18.1 Å². The average molecular weight is 370 g/mol. The van der Waals surface area contributed by atoms with Crippen LogP contribution in [0.3, 0.4) is 0 Å². The number of nitrogens with zero attached hydrogens (tertiary/aromatic N) is 2. The Hall–Kier alpha value is -3.35. The quantitative estimate of drug-likeness (QED) is 0.402. The zero-order valence-electron chi connectivity index (χ0n) is 15.5. The van der Waals surface area contributed by atoms with Crippen molar-refractivity contribution in [3.8, 4) is 11.5 Å². The molecule has 0 aliphatic rings. The van der Waals surface area contributed by atoms with Gasteiger partial charge in [-0.15, -0.1) is 0 Å². The molecule has 0 heterocycles. The van der Waals surface area contributed by atoms with Crippen LogP contribution >= 0.6 is 0 Å². The molecule has 0 saturated heterocycles. The lowest BCUT2D eigenvalue weighted by Crippen LogP contribution is -2.28. The van der Waals surface area contributed by atoms with Crippen molar-refractivity contribution in [1.29, 1.82) is 0 Å². The molecule has 7 nitrogen and oxygen atoms in total. The maximum absolute atomic E-state index is 12.5. The zero-order valence-corrected chi connectivity index (χ0v) is 15.5. The number of likely N-dealkylation sites (N-methyl/N-ethyl adjacent to an activating group) is 1. The normalized spacial score (nSPS) is 10.6. The van der Waals surface area contributed by atoms with Gasteiger partial charge < -0.3 is 14.4 Å². The predicted octanol–water partition coefficient (Wildman–Crippen LogP) is 3.67. The van der Waals surface area contributed by atoms with Gasteiger partial charge in [0, 0.05) is 25.2 Å². The van der Waals surface area contributed by atoms with E-state index in [-0.39, 0.29) is 11.6 Å². The van der Waals surface area contributed by atoms with Crippen molar-refractivity contribution in [2.24, 2.45) is 0 Å². The lowest BCUT2D eigenvalue weighted by Gasteiger charge is -2.20. The summed E-state index contributed by atoms with van der Waals surface area (Å²) >= 11 is 0. The molecule has 2 rings (SSSR count). The molecule has 1 amide bonds. The van der Waals surface area contributed by atoms with Crippen LogP contribution in [0.5, 0.6) is 11.5 Å². The molecule has 0 aromatic heterocycles. The lowest BCUT2D eigenvalue weighted by atomic mass is 10.1. The van der Waals surface area contributed by atoms with E-state index in [1.807, 2.05) is 19.1 Å². The monoisotopic (exact) mass is 370 g/mol. The van der Waals surface area contributed by atoms with E-state index in [9.17, 15) is 14.9 Å². The molecule has 0 fully saturated rings. The molecule has 2 aromatic rings. The first kappa shape index (κ1) is 20.0. The van der Waals surface area contributed by atoms with E-state index in [1.54, 1.807) is 43.4 Å². The van der Waals surface area contributed by atoms with Crippen molar-refractivity contribution in [1.82, 2.24) is 4.90 Å². The van der Waals surface area contributed by atoms with Crippen molar-refractivity contribution in [2.45, 2.75) is 13.5 Å². The third-order valence-electron chi connectivity index (χ3n) is 4.05. The number of nitro benzene ring substituents is 1. The van der Waals surface area contributed by atoms with Crippen molar-refractivity contribution in [2.75, 3.05) is 20.8 Å². The van der Waals surface area contributed by atoms with Crippen molar-refractivity contribution < 1.29 is 19.2 Å². The fourth-order valence-electron chi connectivity index (χ4n) is 2.61. The van der Waals surface area contributed by atoms with Crippen molar-refractivity contribution >= 4 is 17.7 Å². The summed E-state index contributed by atoms with van der Waals surface area (Å²) in [6.07, 6.45) is 2.82. The third kappa shape index (κ3) is 5.07. The molecule has 142 valence electrons. The molecule has 7 heteroatoms. The van der Waals surface area contributed by atoms with E-state index in [0.717, 1.165) is 5.56 Å². The van der Waals surface area contributed by atoms with Gasteiger partial charge in [-0.3, -0.25) is 14.9 Å². The highest BCUT2D eigenvalue weighted by Crippen LogP contribution is 2.28. The number of carbonyl (C=O) groups is 1. The van der Waals surface area contributed by atoms with Crippen LogP contribution in [-0.4, -0.2) is 36.5 Å². The highest BCUT2D eigenvalue weighted by molar-refractivity contribution is 5.92. The molecular weight excluding hydrogens is 348 g/mol. The van der Waals surface area contributed by atoms with E-state index in [0.29, 0.717) is 30.2 Å². The number of ether oxygens (including phenoxy) is 2. The first-order chi connectivity index (χ1) is 13.0. The summed E-state index contributed by atoms with van der Waals surface area (Å²) in [7, 11) is 3.12. The molecular formula is C20H22N2O5. The van der Waals surface area contributed by atoms with Gasteiger partial charge in [0.1, 0.15) is 0 Å². The first-order valence-electron chi connectivity index (χ1n) is 8.41. The van der Waals surface area contributed by atoms with E-state index in [1.165, 1.54) is 18.2 Å². The summed E-state index contributed by atoms with van der Waals surface area (Å²) in [5, 5.41) is 11.1. The molecule has 0 bridgehead atoms. The van der Waals surface area contributed by atoms with Crippen LogP contribution < -0.4 is 9.47 Å². The number of carbonyl (C=O) groups excluding carboxylic acids is 1. The van der Waals surface area contributed by atoms with E-state index < -0.39 is 4.92 Å². The number of benzene rings is 2. The number of hydrogen-bond acceptors (Lipinski definition) is 5. The molecule has 0 aliphatic heterocycles. The summed E-state index contributed by atoms with van der Waals surface area (Å²) in [6.45, 7) is 2.75. The minimum absolute atomic E-state index is 0.0375. The van der Waals surface area contributed by atoms with Crippen molar-refractivity contribution in [3.05, 3.63) is 69.8 Å². The highest BCUT2D eigenvalue weighted by Gasteiger charge is 2.13. The van der Waals surface area contributed by atoms with Gasteiger partial charge in [0.15, 0.2) is 11.5 Å². The van der Waals surface area contributed by atoms with E-state index in [4.69, 9.17) is 9.47 Å². The smallest absolute Gasteiger partial charge is 0.276 e. The van der Waals surface area contributed by atoms with Crippen LogP contribution in [0.4, 0.5) is 5.69 Å². The number of rotatable bonds is 8. The SMILES string of the molecule is CCN(Cc1ccc(OC)c(OC)c1)C(=O)/C=C/c1ccccc1[N+](=O)[O-]. The second-order valence-corrected chi connectivity index (χ2v) is 5.69. The molecule has 0 atom stereocenters. The van der Waals surface area contributed by atoms with Gasteiger partial charge in [0.25, 0.3) is 5.69 Å². The average Bonchev–Trinajstić information content (AvgIpc) is 2.70. The van der Waals surface area contributed by atoms with Crippen LogP contribution in [-0.2, 0) is 11.3 Å². The van der Waals surface area contributed by atoms with Gasteiger partial charge in [-0.1, -0.05) is 18.2 Å². The van der Waals surface area contributed by atoms with Gasteiger partial charge in [-0.2, -0.15) is 0 Å². The second-order valence-electron chi connectivity index (χ2n) is 5.69. The molecule has 0 aliphatic carbocycles. The summed E-state index contributed by atoms with van der Waals surface area (Å²) in [4.78, 5) is 24.8. The van der Waals surface area contributed by atoms with Crippen LogP contribution in [0.2, 0.25) is 0 Å². The minimum atomic E-state index is -0.467. The number of nitro groups is 1. The molecule has 0 spiro atoms. The second kappa shape index (κ2) is 9.38. The minimum Gasteiger partial charge on any atom is -0.493 e. The van der Waals surface area contributed by atoms with Crippen LogP contribution in [0.25, 0.3) is 6.08 Å². The van der Waals surface area contributed by atoms with Gasteiger partial charge in [0.05, 0.1) is 24.7 Å². The van der Waals surface area contributed by atoms with Gasteiger partial charge in [-0.25, -0.2) is 0 Å². The fourth-order valence-corrected chi connectivity index (χ4v) is 2.61. The topological polar surface area (TPSA) is 81.9 Å². The molecule has 0 saturated carbocycles. The summed E-state index contributed by atoms with van der Waals surface area (Å²) in [6, 6.07) is 11.8. The van der Waals surface area contributed by atoms with Gasteiger partial charge in [0.2, 0.25) is 5.91 Å². The maximum atomic E-state index is 12.5. The molecule has 0 N–H and O–H groups in total. The number of methoxy groups -OCH3 is 2. The highest BCUT2D eigenvalue weighted by atomic mass is 16.6. The molecule has 0 unspecified atom stereocenters. The Kier molecular flexibility index (Phi) is 6.93. The first-order valence-corrected chi connectivity index (χ1v) is 8.41. The number of hydrogen-bond donors (Lipinski definition) is 0.